The van der Waals surface area contributed by atoms with E-state index in [0.717, 1.165) is 5.56 Å². The predicted octanol–water partition coefficient (Wildman–Crippen LogP) is 1.52. The molecule has 5 heteroatoms. The average Bonchev–Trinajstić information content (AvgIpc) is 2.38. The van der Waals surface area contributed by atoms with Crippen LogP contribution in [-0.4, -0.2) is 31.8 Å². The number of methoxy groups -OCH3 is 1. The van der Waals surface area contributed by atoms with Crippen LogP contribution in [0.4, 0.5) is 4.79 Å². The Morgan fingerprint density at radius 2 is 1.94 bits per heavy atom. The molecule has 0 fully saturated rings. The summed E-state index contributed by atoms with van der Waals surface area (Å²) in [6.45, 7) is 1.80. The molecule has 1 atom stereocenters. The van der Waals surface area contributed by atoms with Gasteiger partial charge in [0.2, 0.25) is 0 Å². The zero-order chi connectivity index (χ0) is 13.4. The Morgan fingerprint density at radius 3 is 2.56 bits per heavy atom. The maximum atomic E-state index is 11.3. The predicted molar refractivity (Wildman–Crippen MR) is 66.1 cm³/mol. The molecule has 1 rings (SSSR count). The Kier molecular flexibility index (Phi) is 5.70. The molecular formula is C13H17NO4. The summed E-state index contributed by atoms with van der Waals surface area (Å²) >= 11 is 0. The normalized spacial score (nSPS) is 11.4. The first-order valence-corrected chi connectivity index (χ1v) is 5.68. The Labute approximate surface area is 106 Å². The lowest BCUT2D eigenvalue weighted by atomic mass is 10.2. The summed E-state index contributed by atoms with van der Waals surface area (Å²) in [6.07, 6.45) is 0.0183. The SMILES string of the molecule is COC(=O)[C@H](C)NC(=O)OCCc1ccccc1. The van der Waals surface area contributed by atoms with E-state index in [1.165, 1.54) is 14.0 Å². The van der Waals surface area contributed by atoms with Crippen molar-refractivity contribution in [3.8, 4) is 0 Å². The van der Waals surface area contributed by atoms with Crippen molar-refractivity contribution in [1.29, 1.82) is 0 Å². The maximum absolute atomic E-state index is 11.3. The monoisotopic (exact) mass is 251 g/mol. The van der Waals surface area contributed by atoms with Gasteiger partial charge in [-0.25, -0.2) is 9.59 Å². The van der Waals surface area contributed by atoms with Crippen molar-refractivity contribution in [2.45, 2.75) is 19.4 Å². The van der Waals surface area contributed by atoms with Crippen LogP contribution in [0.25, 0.3) is 0 Å². The second-order valence-corrected chi connectivity index (χ2v) is 3.76. The fourth-order valence-electron chi connectivity index (χ4n) is 1.36. The molecule has 18 heavy (non-hydrogen) atoms. The topological polar surface area (TPSA) is 64.6 Å². The highest BCUT2D eigenvalue weighted by atomic mass is 16.6. The molecule has 0 bridgehead atoms. The fourth-order valence-corrected chi connectivity index (χ4v) is 1.36. The zero-order valence-electron chi connectivity index (χ0n) is 10.5. The molecule has 0 aliphatic carbocycles. The van der Waals surface area contributed by atoms with Gasteiger partial charge in [-0.1, -0.05) is 30.3 Å². The Balaban J connectivity index is 2.23. The molecular weight excluding hydrogens is 234 g/mol. The van der Waals surface area contributed by atoms with Crippen LogP contribution >= 0.6 is 0 Å². The van der Waals surface area contributed by atoms with Crippen molar-refractivity contribution in [3.05, 3.63) is 35.9 Å². The number of ether oxygens (including phenoxy) is 2. The van der Waals surface area contributed by atoms with Crippen molar-refractivity contribution in [2.24, 2.45) is 0 Å². The van der Waals surface area contributed by atoms with E-state index in [4.69, 9.17) is 4.74 Å². The average molecular weight is 251 g/mol. The molecule has 0 radical (unpaired) electrons. The summed E-state index contributed by atoms with van der Waals surface area (Å²) < 4.78 is 9.43. The van der Waals surface area contributed by atoms with Gasteiger partial charge in [0.05, 0.1) is 13.7 Å². The van der Waals surface area contributed by atoms with E-state index in [9.17, 15) is 9.59 Å². The standard InChI is InChI=1S/C13H17NO4/c1-10(12(15)17-2)14-13(16)18-9-8-11-6-4-3-5-7-11/h3-7,10H,8-9H2,1-2H3,(H,14,16)/t10-/m0/s1. The molecule has 0 heterocycles. The first kappa shape index (κ1) is 14.0. The molecule has 0 saturated carbocycles. The van der Waals surface area contributed by atoms with Gasteiger partial charge in [0.15, 0.2) is 0 Å². The molecule has 0 aliphatic rings. The Morgan fingerprint density at radius 1 is 1.28 bits per heavy atom. The van der Waals surface area contributed by atoms with E-state index in [1.807, 2.05) is 30.3 Å². The van der Waals surface area contributed by atoms with Crippen molar-refractivity contribution >= 4 is 12.1 Å². The van der Waals surface area contributed by atoms with Gasteiger partial charge in [0.25, 0.3) is 0 Å². The maximum Gasteiger partial charge on any atom is 0.407 e. The molecule has 1 aromatic rings. The highest BCUT2D eigenvalue weighted by Gasteiger charge is 2.16. The summed E-state index contributed by atoms with van der Waals surface area (Å²) in [5.74, 6) is -0.505. The third-order valence-electron chi connectivity index (χ3n) is 2.36. The Hall–Kier alpha value is -2.04. The van der Waals surface area contributed by atoms with Crippen LogP contribution in [0.2, 0.25) is 0 Å². The molecule has 98 valence electrons. The van der Waals surface area contributed by atoms with E-state index in [1.54, 1.807) is 0 Å². The van der Waals surface area contributed by atoms with Crippen molar-refractivity contribution in [2.75, 3.05) is 13.7 Å². The first-order valence-electron chi connectivity index (χ1n) is 5.68. The molecule has 0 unspecified atom stereocenters. The lowest BCUT2D eigenvalue weighted by molar-refractivity contribution is -0.142. The van der Waals surface area contributed by atoms with Crippen LogP contribution in [0, 0.1) is 0 Å². The number of rotatable bonds is 5. The van der Waals surface area contributed by atoms with Crippen LogP contribution in [0.3, 0.4) is 0 Å². The molecule has 5 nitrogen and oxygen atoms in total. The summed E-state index contributed by atoms with van der Waals surface area (Å²) in [7, 11) is 1.27. The lowest BCUT2D eigenvalue weighted by Crippen LogP contribution is -2.39. The van der Waals surface area contributed by atoms with E-state index < -0.39 is 18.1 Å². The van der Waals surface area contributed by atoms with E-state index in [2.05, 4.69) is 10.1 Å². The van der Waals surface area contributed by atoms with Crippen LogP contribution in [-0.2, 0) is 20.7 Å². The third-order valence-corrected chi connectivity index (χ3v) is 2.36. The van der Waals surface area contributed by atoms with Gasteiger partial charge in [0.1, 0.15) is 6.04 Å². The molecule has 0 spiro atoms. The van der Waals surface area contributed by atoms with E-state index in [-0.39, 0.29) is 6.61 Å². The summed E-state index contributed by atoms with van der Waals surface area (Å²) in [5.41, 5.74) is 1.09. The van der Waals surface area contributed by atoms with Gasteiger partial charge in [-0.15, -0.1) is 0 Å². The number of carbonyl (C=O) groups is 2. The fraction of sp³-hybridized carbons (Fsp3) is 0.385. The van der Waals surface area contributed by atoms with Gasteiger partial charge in [0, 0.05) is 6.42 Å². The second-order valence-electron chi connectivity index (χ2n) is 3.76. The van der Waals surface area contributed by atoms with Gasteiger partial charge >= 0.3 is 12.1 Å². The van der Waals surface area contributed by atoms with Crippen LogP contribution in [0.15, 0.2) is 30.3 Å². The number of hydrogen-bond acceptors (Lipinski definition) is 4. The Bertz CT molecular complexity index is 391. The number of hydrogen-bond donors (Lipinski definition) is 1. The number of carbonyl (C=O) groups excluding carboxylic acids is 2. The van der Waals surface area contributed by atoms with Crippen LogP contribution in [0.1, 0.15) is 12.5 Å². The molecule has 0 aliphatic heterocycles. The molecule has 1 aromatic carbocycles. The minimum atomic E-state index is -0.709. The highest BCUT2D eigenvalue weighted by Crippen LogP contribution is 1.99. The van der Waals surface area contributed by atoms with E-state index in [0.29, 0.717) is 6.42 Å². The van der Waals surface area contributed by atoms with Crippen molar-refractivity contribution < 1.29 is 19.1 Å². The molecule has 1 N–H and O–H groups in total. The summed E-state index contributed by atoms with van der Waals surface area (Å²) in [6, 6.07) is 8.98. The lowest BCUT2D eigenvalue weighted by Gasteiger charge is -2.11. The van der Waals surface area contributed by atoms with Crippen molar-refractivity contribution in [1.82, 2.24) is 5.32 Å². The van der Waals surface area contributed by atoms with Crippen molar-refractivity contribution in [3.63, 3.8) is 0 Å². The van der Waals surface area contributed by atoms with Crippen LogP contribution < -0.4 is 5.32 Å². The number of nitrogens with one attached hydrogen (secondary N) is 1. The summed E-state index contributed by atoms with van der Waals surface area (Å²) in [5, 5.41) is 2.38. The highest BCUT2D eigenvalue weighted by molar-refractivity contribution is 5.80. The quantitative estimate of drug-likeness (QED) is 0.806. The number of benzene rings is 1. The third kappa shape index (κ3) is 4.86. The molecule has 0 aromatic heterocycles. The summed E-state index contributed by atoms with van der Waals surface area (Å²) in [4.78, 5) is 22.4. The van der Waals surface area contributed by atoms with E-state index >= 15 is 0 Å². The number of amides is 1. The molecule has 0 saturated heterocycles. The van der Waals surface area contributed by atoms with Gasteiger partial charge in [-0.3, -0.25) is 0 Å². The smallest absolute Gasteiger partial charge is 0.407 e. The van der Waals surface area contributed by atoms with Gasteiger partial charge < -0.3 is 14.8 Å². The van der Waals surface area contributed by atoms with Gasteiger partial charge in [-0.05, 0) is 12.5 Å². The first-order chi connectivity index (χ1) is 8.63. The minimum absolute atomic E-state index is 0.268. The second kappa shape index (κ2) is 7.32. The van der Waals surface area contributed by atoms with Gasteiger partial charge in [-0.2, -0.15) is 0 Å². The minimum Gasteiger partial charge on any atom is -0.467 e. The van der Waals surface area contributed by atoms with Crippen LogP contribution in [0.5, 0.6) is 0 Å². The zero-order valence-corrected chi connectivity index (χ0v) is 10.5. The number of alkyl carbamates (subject to hydrolysis) is 1. The largest absolute Gasteiger partial charge is 0.467 e. The molecule has 1 amide bonds. The number of esters is 1.